The van der Waals surface area contributed by atoms with Gasteiger partial charge in [-0.1, -0.05) is 6.92 Å². The Kier molecular flexibility index (Phi) is 4.87. The molecule has 1 amide bonds. The van der Waals surface area contributed by atoms with Crippen molar-refractivity contribution < 1.29 is 13.6 Å². The molecule has 94 valence electrons. The van der Waals surface area contributed by atoms with Gasteiger partial charge in [-0.2, -0.15) is 0 Å². The predicted molar refractivity (Wildman–Crippen MR) is 62.9 cm³/mol. The lowest BCUT2D eigenvalue weighted by Crippen LogP contribution is -2.35. The lowest BCUT2D eigenvalue weighted by Gasteiger charge is -2.18. The second kappa shape index (κ2) is 6.18. The largest absolute Gasteiger partial charge is 0.365 e. The minimum absolute atomic E-state index is 0.116. The third-order valence-corrected chi connectivity index (χ3v) is 2.30. The summed E-state index contributed by atoms with van der Waals surface area (Å²) in [4.78, 5) is 13.0. The maximum Gasteiger partial charge on any atom is 0.239 e. The number of anilines is 1. The minimum Gasteiger partial charge on any atom is -0.365 e. The molecule has 5 heteroatoms. The zero-order valence-electron chi connectivity index (χ0n) is 9.96. The Morgan fingerprint density at radius 1 is 1.35 bits per heavy atom. The van der Waals surface area contributed by atoms with Crippen molar-refractivity contribution in [3.05, 3.63) is 29.8 Å². The summed E-state index contributed by atoms with van der Waals surface area (Å²) in [7, 11) is 1.65. The fraction of sp³-hybridized carbons (Fsp3) is 0.417. The number of halogens is 2. The number of rotatable bonds is 5. The molecule has 0 saturated heterocycles. The quantitative estimate of drug-likeness (QED) is 0.855. The van der Waals surface area contributed by atoms with E-state index in [1.54, 1.807) is 11.9 Å². The van der Waals surface area contributed by atoms with Gasteiger partial charge in [-0.15, -0.1) is 0 Å². The van der Waals surface area contributed by atoms with Gasteiger partial charge in [0.15, 0.2) is 11.6 Å². The SMILES string of the molecule is CCCNC(=O)CN(C)c1ccc(F)c(F)c1. The Morgan fingerprint density at radius 2 is 2.06 bits per heavy atom. The number of carbonyl (C=O) groups excluding carboxylic acids is 1. The van der Waals surface area contributed by atoms with Gasteiger partial charge in [0.05, 0.1) is 6.54 Å². The number of hydrogen-bond acceptors (Lipinski definition) is 2. The number of nitrogens with one attached hydrogen (secondary N) is 1. The van der Waals surface area contributed by atoms with Crippen LogP contribution in [0.1, 0.15) is 13.3 Å². The average Bonchev–Trinajstić information content (AvgIpc) is 2.30. The van der Waals surface area contributed by atoms with Gasteiger partial charge in [-0.05, 0) is 18.6 Å². The van der Waals surface area contributed by atoms with E-state index in [9.17, 15) is 13.6 Å². The summed E-state index contributed by atoms with van der Waals surface area (Å²) in [6, 6.07) is 3.55. The number of benzene rings is 1. The highest BCUT2D eigenvalue weighted by atomic mass is 19.2. The Hall–Kier alpha value is -1.65. The second-order valence-corrected chi connectivity index (χ2v) is 3.80. The highest BCUT2D eigenvalue weighted by Gasteiger charge is 2.09. The maximum atomic E-state index is 13.0. The standard InChI is InChI=1S/C12H16F2N2O/c1-3-6-15-12(17)8-16(2)9-4-5-10(13)11(14)7-9/h4-5,7H,3,6,8H2,1-2H3,(H,15,17). The van der Waals surface area contributed by atoms with Crippen molar-refractivity contribution in [3.63, 3.8) is 0 Å². The summed E-state index contributed by atoms with van der Waals surface area (Å²) >= 11 is 0. The summed E-state index contributed by atoms with van der Waals surface area (Å²) in [5.41, 5.74) is 0.468. The van der Waals surface area contributed by atoms with E-state index in [2.05, 4.69) is 5.32 Å². The molecule has 0 aliphatic rings. The van der Waals surface area contributed by atoms with E-state index >= 15 is 0 Å². The molecule has 0 unspecified atom stereocenters. The molecule has 1 rings (SSSR count). The average molecular weight is 242 g/mol. The molecule has 0 aliphatic carbocycles. The summed E-state index contributed by atoms with van der Waals surface area (Å²) in [5.74, 6) is -1.94. The van der Waals surface area contributed by atoms with Crippen LogP contribution in [-0.2, 0) is 4.79 Å². The summed E-state index contributed by atoms with van der Waals surface area (Å²) in [6.07, 6.45) is 0.862. The van der Waals surface area contributed by atoms with Crippen molar-refractivity contribution >= 4 is 11.6 Å². The lowest BCUT2D eigenvalue weighted by molar-refractivity contribution is -0.119. The Bertz CT molecular complexity index is 396. The van der Waals surface area contributed by atoms with Gasteiger partial charge in [0.1, 0.15) is 0 Å². The smallest absolute Gasteiger partial charge is 0.239 e. The topological polar surface area (TPSA) is 32.3 Å². The molecule has 1 N–H and O–H groups in total. The van der Waals surface area contributed by atoms with E-state index in [0.29, 0.717) is 12.2 Å². The molecule has 0 fully saturated rings. The molecule has 3 nitrogen and oxygen atoms in total. The normalized spacial score (nSPS) is 10.1. The van der Waals surface area contributed by atoms with Crippen molar-refractivity contribution in [2.45, 2.75) is 13.3 Å². The van der Waals surface area contributed by atoms with Crippen LogP contribution in [0.3, 0.4) is 0 Å². The number of hydrogen-bond donors (Lipinski definition) is 1. The van der Waals surface area contributed by atoms with E-state index in [0.717, 1.165) is 18.6 Å². The van der Waals surface area contributed by atoms with Gasteiger partial charge < -0.3 is 10.2 Å². The fourth-order valence-electron chi connectivity index (χ4n) is 1.35. The van der Waals surface area contributed by atoms with Crippen LogP contribution in [0.5, 0.6) is 0 Å². The molecule has 0 aliphatic heterocycles. The molecule has 0 spiro atoms. The van der Waals surface area contributed by atoms with Crippen LogP contribution >= 0.6 is 0 Å². The molecular formula is C12H16F2N2O. The van der Waals surface area contributed by atoms with Crippen molar-refractivity contribution in [1.29, 1.82) is 0 Å². The van der Waals surface area contributed by atoms with Gasteiger partial charge in [-0.3, -0.25) is 4.79 Å². The van der Waals surface area contributed by atoms with Crippen LogP contribution in [0.4, 0.5) is 14.5 Å². The van der Waals surface area contributed by atoms with Gasteiger partial charge in [0, 0.05) is 25.3 Å². The van der Waals surface area contributed by atoms with E-state index < -0.39 is 11.6 Å². The molecule has 0 saturated carbocycles. The molecular weight excluding hydrogens is 226 g/mol. The van der Waals surface area contributed by atoms with Crippen LogP contribution in [0, 0.1) is 11.6 Å². The first kappa shape index (κ1) is 13.4. The van der Waals surface area contributed by atoms with E-state index in [1.165, 1.54) is 6.07 Å². The molecule has 0 radical (unpaired) electrons. The highest BCUT2D eigenvalue weighted by Crippen LogP contribution is 2.16. The van der Waals surface area contributed by atoms with E-state index in [4.69, 9.17) is 0 Å². The monoisotopic (exact) mass is 242 g/mol. The Labute approximate surface area is 99.4 Å². The van der Waals surface area contributed by atoms with Crippen molar-refractivity contribution in [2.24, 2.45) is 0 Å². The first-order chi connectivity index (χ1) is 8.04. The van der Waals surface area contributed by atoms with Crippen molar-refractivity contribution in [3.8, 4) is 0 Å². The molecule has 0 heterocycles. The first-order valence-corrected chi connectivity index (χ1v) is 5.47. The van der Waals surface area contributed by atoms with E-state index in [1.807, 2.05) is 6.92 Å². The Morgan fingerprint density at radius 3 is 2.65 bits per heavy atom. The van der Waals surface area contributed by atoms with Crippen molar-refractivity contribution in [2.75, 3.05) is 25.0 Å². The molecule has 0 aromatic heterocycles. The molecule has 0 atom stereocenters. The molecule has 1 aromatic rings. The van der Waals surface area contributed by atoms with Crippen LogP contribution in [-0.4, -0.2) is 26.0 Å². The van der Waals surface area contributed by atoms with Gasteiger partial charge in [-0.25, -0.2) is 8.78 Å². The summed E-state index contributed by atoms with van der Waals surface area (Å²) < 4.78 is 25.7. The van der Waals surface area contributed by atoms with Gasteiger partial charge in [0.2, 0.25) is 5.91 Å². The van der Waals surface area contributed by atoms with Crippen LogP contribution in [0.25, 0.3) is 0 Å². The number of likely N-dealkylation sites (N-methyl/N-ethyl adjacent to an activating group) is 1. The third-order valence-electron chi connectivity index (χ3n) is 2.30. The van der Waals surface area contributed by atoms with Crippen LogP contribution in [0.2, 0.25) is 0 Å². The highest BCUT2D eigenvalue weighted by molar-refractivity contribution is 5.81. The zero-order valence-corrected chi connectivity index (χ0v) is 9.96. The number of nitrogens with zero attached hydrogens (tertiary/aromatic N) is 1. The van der Waals surface area contributed by atoms with Crippen LogP contribution in [0.15, 0.2) is 18.2 Å². The third kappa shape index (κ3) is 4.01. The maximum absolute atomic E-state index is 13.0. The number of amides is 1. The van der Waals surface area contributed by atoms with Crippen LogP contribution < -0.4 is 10.2 Å². The minimum atomic E-state index is -0.914. The number of carbonyl (C=O) groups is 1. The van der Waals surface area contributed by atoms with E-state index in [-0.39, 0.29) is 12.5 Å². The summed E-state index contributed by atoms with van der Waals surface area (Å²) in [6.45, 7) is 2.69. The predicted octanol–water partition coefficient (Wildman–Crippen LogP) is 1.93. The first-order valence-electron chi connectivity index (χ1n) is 5.47. The lowest BCUT2D eigenvalue weighted by atomic mass is 10.2. The van der Waals surface area contributed by atoms with Crippen molar-refractivity contribution in [1.82, 2.24) is 5.32 Å². The molecule has 0 bridgehead atoms. The second-order valence-electron chi connectivity index (χ2n) is 3.80. The van der Waals surface area contributed by atoms with Gasteiger partial charge in [0.25, 0.3) is 0 Å². The summed E-state index contributed by atoms with van der Waals surface area (Å²) in [5, 5.41) is 2.71. The zero-order chi connectivity index (χ0) is 12.8. The molecule has 17 heavy (non-hydrogen) atoms. The molecule has 1 aromatic carbocycles. The Balaban J connectivity index is 2.60. The van der Waals surface area contributed by atoms with Gasteiger partial charge >= 0.3 is 0 Å². The fourth-order valence-corrected chi connectivity index (χ4v) is 1.35.